The molecule has 0 spiro atoms. The Morgan fingerprint density at radius 1 is 1.19 bits per heavy atom. The fourth-order valence-corrected chi connectivity index (χ4v) is 1.08. The Bertz CT molecular complexity index is 422. The number of rotatable bonds is 4. The summed E-state index contributed by atoms with van der Waals surface area (Å²) in [5.41, 5.74) is 0.621. The summed E-state index contributed by atoms with van der Waals surface area (Å²) in [6.07, 6.45) is 0.357. The first-order valence-electron chi connectivity index (χ1n) is 4.72. The van der Waals surface area contributed by atoms with Gasteiger partial charge >= 0.3 is 5.97 Å². The summed E-state index contributed by atoms with van der Waals surface area (Å²) in [6.45, 7) is 1.72. The molecule has 84 valence electrons. The highest BCUT2D eigenvalue weighted by atomic mass is 16.4. The molecule has 0 aromatic heterocycles. The lowest BCUT2D eigenvalue weighted by Crippen LogP contribution is -2.13. The van der Waals surface area contributed by atoms with Crippen molar-refractivity contribution in [3.63, 3.8) is 0 Å². The van der Waals surface area contributed by atoms with Gasteiger partial charge in [0, 0.05) is 17.7 Å². The zero-order chi connectivity index (χ0) is 12.1. The number of benzene rings is 1. The molecule has 1 aromatic rings. The van der Waals surface area contributed by atoms with Crippen molar-refractivity contribution in [1.82, 2.24) is 0 Å². The molecule has 0 atom stereocenters. The third kappa shape index (κ3) is 2.91. The number of hydrogen-bond acceptors (Lipinski definition) is 3. The Hall–Kier alpha value is -2.17. The van der Waals surface area contributed by atoms with Gasteiger partial charge in [-0.25, -0.2) is 4.79 Å². The molecule has 2 N–H and O–H groups in total. The van der Waals surface area contributed by atoms with Gasteiger partial charge in [0.1, 0.15) is 0 Å². The Balaban J connectivity index is 2.79. The van der Waals surface area contributed by atoms with Crippen LogP contribution in [0.1, 0.15) is 23.7 Å². The van der Waals surface area contributed by atoms with Gasteiger partial charge in [0.15, 0.2) is 0 Å². The number of carboxylic acid groups (broad SMARTS) is 1. The van der Waals surface area contributed by atoms with Crippen LogP contribution in [0.2, 0.25) is 0 Å². The highest BCUT2D eigenvalue weighted by Crippen LogP contribution is 2.10. The van der Waals surface area contributed by atoms with Gasteiger partial charge in [0.25, 0.3) is 5.78 Å². The topological polar surface area (TPSA) is 83.5 Å². The first-order chi connectivity index (χ1) is 7.54. The molecule has 0 aliphatic carbocycles. The van der Waals surface area contributed by atoms with E-state index in [1.165, 1.54) is 24.3 Å². The molecule has 0 fully saturated rings. The summed E-state index contributed by atoms with van der Waals surface area (Å²) < 4.78 is 0. The fourth-order valence-electron chi connectivity index (χ4n) is 1.08. The predicted molar refractivity (Wildman–Crippen MR) is 57.3 cm³/mol. The van der Waals surface area contributed by atoms with E-state index in [1.807, 2.05) is 0 Å². The first-order valence-corrected chi connectivity index (χ1v) is 4.72. The molecule has 5 nitrogen and oxygen atoms in total. The van der Waals surface area contributed by atoms with Gasteiger partial charge in [-0.1, -0.05) is 6.92 Å². The van der Waals surface area contributed by atoms with Crippen LogP contribution in [0, 0.1) is 0 Å². The Morgan fingerprint density at radius 2 is 1.75 bits per heavy atom. The van der Waals surface area contributed by atoms with Crippen LogP contribution >= 0.6 is 0 Å². The van der Waals surface area contributed by atoms with Gasteiger partial charge in [0.05, 0.1) is 0 Å². The summed E-state index contributed by atoms with van der Waals surface area (Å²) in [4.78, 5) is 32.5. The van der Waals surface area contributed by atoms with Gasteiger partial charge < -0.3 is 10.4 Å². The summed E-state index contributed by atoms with van der Waals surface area (Å²) in [5.74, 6) is -2.60. The quantitative estimate of drug-likeness (QED) is 0.593. The SMILES string of the molecule is CCC(=O)Nc1ccc(C(=O)C(=O)O)cc1. The number of anilines is 1. The average Bonchev–Trinajstić information content (AvgIpc) is 2.28. The van der Waals surface area contributed by atoms with E-state index in [2.05, 4.69) is 5.32 Å². The zero-order valence-corrected chi connectivity index (χ0v) is 8.69. The number of carboxylic acids is 1. The number of Topliss-reactive ketones (excluding diaryl/α,β-unsaturated/α-hetero) is 1. The average molecular weight is 221 g/mol. The van der Waals surface area contributed by atoms with Crippen LogP contribution < -0.4 is 5.32 Å². The Kier molecular flexibility index (Phi) is 3.77. The molecule has 16 heavy (non-hydrogen) atoms. The standard InChI is InChI=1S/C11H11NO4/c1-2-9(13)12-8-5-3-7(4-6-8)10(14)11(15)16/h3-6H,2H2,1H3,(H,12,13)(H,15,16). The second-order valence-electron chi connectivity index (χ2n) is 3.11. The Labute approximate surface area is 92.1 Å². The van der Waals surface area contributed by atoms with E-state index in [9.17, 15) is 14.4 Å². The lowest BCUT2D eigenvalue weighted by molar-refractivity contribution is -0.131. The van der Waals surface area contributed by atoms with Crippen LogP contribution in [0.4, 0.5) is 5.69 Å². The number of carbonyl (C=O) groups excluding carboxylic acids is 2. The number of hydrogen-bond donors (Lipinski definition) is 2. The summed E-state index contributed by atoms with van der Waals surface area (Å²) in [7, 11) is 0. The molecule has 1 amide bonds. The monoisotopic (exact) mass is 221 g/mol. The predicted octanol–water partition coefficient (Wildman–Crippen LogP) is 1.30. The van der Waals surface area contributed by atoms with E-state index in [-0.39, 0.29) is 11.5 Å². The smallest absolute Gasteiger partial charge is 0.377 e. The van der Waals surface area contributed by atoms with Crippen molar-refractivity contribution in [3.8, 4) is 0 Å². The van der Waals surface area contributed by atoms with Gasteiger partial charge in [-0.15, -0.1) is 0 Å². The normalized spacial score (nSPS) is 9.56. The highest BCUT2D eigenvalue weighted by Gasteiger charge is 2.13. The van der Waals surface area contributed by atoms with Crippen LogP contribution in [-0.2, 0) is 9.59 Å². The molecule has 0 unspecified atom stereocenters. The molecule has 0 saturated carbocycles. The number of carbonyl (C=O) groups is 3. The molecule has 1 aromatic carbocycles. The van der Waals surface area contributed by atoms with Crippen molar-refractivity contribution >= 4 is 23.3 Å². The summed E-state index contributed by atoms with van der Waals surface area (Å²) in [6, 6.07) is 5.71. The maximum Gasteiger partial charge on any atom is 0.377 e. The number of aliphatic carboxylic acids is 1. The minimum Gasteiger partial charge on any atom is -0.475 e. The van der Waals surface area contributed by atoms with E-state index >= 15 is 0 Å². The third-order valence-electron chi connectivity index (χ3n) is 1.95. The second kappa shape index (κ2) is 5.06. The third-order valence-corrected chi connectivity index (χ3v) is 1.95. The van der Waals surface area contributed by atoms with Crippen LogP contribution in [0.5, 0.6) is 0 Å². The lowest BCUT2D eigenvalue weighted by atomic mass is 10.1. The zero-order valence-electron chi connectivity index (χ0n) is 8.69. The van der Waals surface area contributed by atoms with Gasteiger partial charge in [-0.05, 0) is 24.3 Å². The second-order valence-corrected chi connectivity index (χ2v) is 3.11. The largest absolute Gasteiger partial charge is 0.475 e. The molecule has 0 aliphatic rings. The van der Waals surface area contributed by atoms with Crippen molar-refractivity contribution < 1.29 is 19.5 Å². The molecule has 0 bridgehead atoms. The number of amides is 1. The molecule has 0 radical (unpaired) electrons. The number of nitrogens with one attached hydrogen (secondary N) is 1. The number of ketones is 1. The maximum atomic E-state index is 11.0. The first kappa shape index (κ1) is 11.9. The van der Waals surface area contributed by atoms with Crippen molar-refractivity contribution in [2.45, 2.75) is 13.3 Å². The summed E-state index contributed by atoms with van der Waals surface area (Å²) >= 11 is 0. The van der Waals surface area contributed by atoms with Gasteiger partial charge in [-0.3, -0.25) is 9.59 Å². The van der Waals surface area contributed by atoms with Crippen molar-refractivity contribution in [2.24, 2.45) is 0 Å². The van der Waals surface area contributed by atoms with E-state index in [0.717, 1.165) is 0 Å². The summed E-state index contributed by atoms with van der Waals surface area (Å²) in [5, 5.41) is 11.1. The van der Waals surface area contributed by atoms with Crippen LogP contribution in [0.3, 0.4) is 0 Å². The van der Waals surface area contributed by atoms with Crippen LogP contribution in [-0.4, -0.2) is 22.8 Å². The van der Waals surface area contributed by atoms with Crippen LogP contribution in [0.25, 0.3) is 0 Å². The van der Waals surface area contributed by atoms with Gasteiger partial charge in [-0.2, -0.15) is 0 Å². The lowest BCUT2D eigenvalue weighted by Gasteiger charge is -2.03. The molecule has 5 heteroatoms. The Morgan fingerprint density at radius 3 is 2.19 bits per heavy atom. The fraction of sp³-hybridized carbons (Fsp3) is 0.182. The van der Waals surface area contributed by atoms with E-state index in [4.69, 9.17) is 5.11 Å². The van der Waals surface area contributed by atoms with Crippen LogP contribution in [0.15, 0.2) is 24.3 Å². The van der Waals surface area contributed by atoms with Crippen molar-refractivity contribution in [1.29, 1.82) is 0 Å². The highest BCUT2D eigenvalue weighted by molar-refractivity contribution is 6.39. The molecule has 0 aliphatic heterocycles. The van der Waals surface area contributed by atoms with Crippen molar-refractivity contribution in [2.75, 3.05) is 5.32 Å². The van der Waals surface area contributed by atoms with E-state index < -0.39 is 11.8 Å². The minimum absolute atomic E-state index is 0.0852. The van der Waals surface area contributed by atoms with Gasteiger partial charge in [0.2, 0.25) is 5.91 Å². The molecular formula is C11H11NO4. The maximum absolute atomic E-state index is 11.0. The minimum atomic E-state index is -1.50. The van der Waals surface area contributed by atoms with E-state index in [0.29, 0.717) is 12.1 Å². The molecule has 0 heterocycles. The molecular weight excluding hydrogens is 210 g/mol. The van der Waals surface area contributed by atoms with Crippen molar-refractivity contribution in [3.05, 3.63) is 29.8 Å². The molecule has 0 saturated heterocycles. The van der Waals surface area contributed by atoms with E-state index in [1.54, 1.807) is 6.92 Å². The molecule has 1 rings (SSSR count).